The van der Waals surface area contributed by atoms with Crippen LogP contribution < -0.4 is 11.3 Å². The summed E-state index contributed by atoms with van der Waals surface area (Å²) in [6, 6.07) is 5.10. The van der Waals surface area contributed by atoms with Crippen molar-refractivity contribution in [2.24, 2.45) is 10.8 Å². The van der Waals surface area contributed by atoms with Crippen molar-refractivity contribution in [2.75, 3.05) is 7.05 Å². The molecule has 0 unspecified atom stereocenters. The van der Waals surface area contributed by atoms with Crippen molar-refractivity contribution in [3.63, 3.8) is 0 Å². The van der Waals surface area contributed by atoms with Gasteiger partial charge in [-0.25, -0.2) is 5.84 Å². The molecule has 0 aliphatic rings. The molecule has 0 bridgehead atoms. The molecule has 0 heterocycles. The molecule has 0 saturated heterocycles. The Hall–Kier alpha value is -0.770. The second-order valence-corrected chi connectivity index (χ2v) is 3.18. The predicted octanol–water partition coefficient (Wildman–Crippen LogP) is 1.83. The van der Waals surface area contributed by atoms with Crippen LogP contribution in [0.5, 0.6) is 0 Å². The minimum absolute atomic E-state index is 0.507. The first-order chi connectivity index (χ1) is 6.19. The maximum absolute atomic E-state index is 5.91. The topological polar surface area (TPSA) is 50.4 Å². The van der Waals surface area contributed by atoms with Gasteiger partial charge in [0.15, 0.2) is 0 Å². The molecule has 3 N–H and O–H groups in total. The summed E-state index contributed by atoms with van der Waals surface area (Å²) < 4.78 is 0. The lowest BCUT2D eigenvalue weighted by Gasteiger charge is -2.06. The van der Waals surface area contributed by atoms with Crippen LogP contribution in [-0.2, 0) is 0 Å². The van der Waals surface area contributed by atoms with Crippen molar-refractivity contribution < 1.29 is 0 Å². The Bertz CT molecular complexity index is 336. The largest absolute Gasteiger partial charge is 0.308 e. The highest BCUT2D eigenvalue weighted by atomic mass is 35.5. The SMILES string of the molecule is CN=C(NN)c1cc(Cl)ccc1Cl. The average molecular weight is 218 g/mol. The number of rotatable bonds is 1. The van der Waals surface area contributed by atoms with Crippen LogP contribution in [0.4, 0.5) is 0 Å². The molecule has 1 aromatic carbocycles. The minimum Gasteiger partial charge on any atom is -0.308 e. The van der Waals surface area contributed by atoms with Gasteiger partial charge in [-0.3, -0.25) is 4.99 Å². The first-order valence-electron chi connectivity index (χ1n) is 3.58. The van der Waals surface area contributed by atoms with Gasteiger partial charge in [0.1, 0.15) is 5.84 Å². The van der Waals surface area contributed by atoms with Crippen molar-refractivity contribution >= 4 is 29.0 Å². The molecule has 0 amide bonds. The van der Waals surface area contributed by atoms with Gasteiger partial charge in [-0.15, -0.1) is 0 Å². The number of halogens is 2. The third-order valence-electron chi connectivity index (χ3n) is 1.54. The van der Waals surface area contributed by atoms with Gasteiger partial charge >= 0.3 is 0 Å². The zero-order chi connectivity index (χ0) is 9.84. The predicted molar refractivity (Wildman–Crippen MR) is 56.2 cm³/mol. The van der Waals surface area contributed by atoms with Crippen LogP contribution in [0.1, 0.15) is 5.56 Å². The van der Waals surface area contributed by atoms with Crippen molar-refractivity contribution in [3.05, 3.63) is 33.8 Å². The van der Waals surface area contributed by atoms with E-state index in [2.05, 4.69) is 10.4 Å². The number of nitrogens with zero attached hydrogens (tertiary/aromatic N) is 1. The molecular formula is C8H9Cl2N3. The number of aliphatic imine (C=N–C) groups is 1. The van der Waals surface area contributed by atoms with Gasteiger partial charge < -0.3 is 5.43 Å². The smallest absolute Gasteiger partial charge is 0.143 e. The Kier molecular flexibility index (Phi) is 3.54. The number of amidine groups is 1. The molecule has 5 heteroatoms. The lowest BCUT2D eigenvalue weighted by Crippen LogP contribution is -2.31. The fraction of sp³-hybridized carbons (Fsp3) is 0.125. The zero-order valence-corrected chi connectivity index (χ0v) is 8.52. The first-order valence-corrected chi connectivity index (χ1v) is 4.33. The molecule has 0 aliphatic heterocycles. The van der Waals surface area contributed by atoms with Gasteiger partial charge in [-0.2, -0.15) is 0 Å². The zero-order valence-electron chi connectivity index (χ0n) is 7.01. The highest BCUT2D eigenvalue weighted by Gasteiger charge is 2.06. The van der Waals surface area contributed by atoms with E-state index in [1.54, 1.807) is 25.2 Å². The summed E-state index contributed by atoms with van der Waals surface area (Å²) in [6.07, 6.45) is 0. The van der Waals surface area contributed by atoms with Gasteiger partial charge in [-0.05, 0) is 18.2 Å². The summed E-state index contributed by atoms with van der Waals surface area (Å²) in [7, 11) is 1.62. The molecular weight excluding hydrogens is 209 g/mol. The molecule has 0 aliphatic carbocycles. The average Bonchev–Trinajstić information content (AvgIpc) is 2.13. The van der Waals surface area contributed by atoms with Crippen LogP contribution in [0, 0.1) is 0 Å². The van der Waals surface area contributed by atoms with E-state index < -0.39 is 0 Å². The van der Waals surface area contributed by atoms with Crippen LogP contribution in [-0.4, -0.2) is 12.9 Å². The monoisotopic (exact) mass is 217 g/mol. The van der Waals surface area contributed by atoms with Gasteiger partial charge in [0.2, 0.25) is 0 Å². The molecule has 0 atom stereocenters. The summed E-state index contributed by atoms with van der Waals surface area (Å²) in [5.74, 6) is 5.76. The van der Waals surface area contributed by atoms with E-state index in [-0.39, 0.29) is 0 Å². The molecule has 0 spiro atoms. The Balaban J connectivity index is 3.19. The van der Waals surface area contributed by atoms with Gasteiger partial charge in [0.25, 0.3) is 0 Å². The minimum atomic E-state index is 0.507. The highest BCUT2D eigenvalue weighted by molar-refractivity contribution is 6.36. The Morgan fingerprint density at radius 3 is 2.69 bits per heavy atom. The van der Waals surface area contributed by atoms with E-state index in [0.717, 1.165) is 0 Å². The summed E-state index contributed by atoms with van der Waals surface area (Å²) in [5.41, 5.74) is 3.14. The van der Waals surface area contributed by atoms with Crippen LogP contribution in [0.15, 0.2) is 23.2 Å². The van der Waals surface area contributed by atoms with E-state index in [1.807, 2.05) is 0 Å². The van der Waals surface area contributed by atoms with E-state index in [4.69, 9.17) is 29.0 Å². The molecule has 13 heavy (non-hydrogen) atoms. The molecule has 1 aromatic rings. The van der Waals surface area contributed by atoms with Crippen LogP contribution in [0.2, 0.25) is 10.0 Å². The standard InChI is InChI=1S/C8H9Cl2N3/c1-12-8(13-11)6-4-5(9)2-3-7(6)10/h2-4H,11H2,1H3,(H,12,13). The summed E-state index contributed by atoms with van der Waals surface area (Å²) in [4.78, 5) is 3.92. The van der Waals surface area contributed by atoms with E-state index in [9.17, 15) is 0 Å². The number of hydrogen-bond donors (Lipinski definition) is 2. The quantitative estimate of drug-likeness (QED) is 0.327. The normalized spacial score (nSPS) is 11.5. The number of nitrogens with one attached hydrogen (secondary N) is 1. The lowest BCUT2D eigenvalue weighted by molar-refractivity contribution is 1.02. The van der Waals surface area contributed by atoms with Crippen molar-refractivity contribution in [1.29, 1.82) is 0 Å². The molecule has 1 rings (SSSR count). The molecule has 0 fully saturated rings. The Morgan fingerprint density at radius 1 is 1.46 bits per heavy atom. The third kappa shape index (κ3) is 2.34. The van der Waals surface area contributed by atoms with Crippen LogP contribution in [0.25, 0.3) is 0 Å². The van der Waals surface area contributed by atoms with Crippen molar-refractivity contribution in [2.45, 2.75) is 0 Å². The van der Waals surface area contributed by atoms with Crippen molar-refractivity contribution in [3.8, 4) is 0 Å². The Labute approximate surface area is 86.5 Å². The molecule has 0 aromatic heterocycles. The maximum atomic E-state index is 5.91. The fourth-order valence-corrected chi connectivity index (χ4v) is 1.32. The van der Waals surface area contributed by atoms with Gasteiger partial charge in [0.05, 0.1) is 5.02 Å². The summed E-state index contributed by atoms with van der Waals surface area (Å²) >= 11 is 11.7. The van der Waals surface area contributed by atoms with Gasteiger partial charge in [-0.1, -0.05) is 23.2 Å². The van der Waals surface area contributed by atoms with Crippen LogP contribution in [0.3, 0.4) is 0 Å². The van der Waals surface area contributed by atoms with E-state index in [0.29, 0.717) is 21.4 Å². The second kappa shape index (κ2) is 4.46. The number of hydrogen-bond acceptors (Lipinski definition) is 2. The third-order valence-corrected chi connectivity index (χ3v) is 2.11. The van der Waals surface area contributed by atoms with E-state index >= 15 is 0 Å². The summed E-state index contributed by atoms with van der Waals surface area (Å²) in [5, 5.41) is 1.15. The molecule has 0 radical (unpaired) electrons. The summed E-state index contributed by atoms with van der Waals surface area (Å²) in [6.45, 7) is 0. The molecule has 3 nitrogen and oxygen atoms in total. The number of nitrogens with two attached hydrogens (primary N) is 1. The molecule has 70 valence electrons. The van der Waals surface area contributed by atoms with Crippen LogP contribution >= 0.6 is 23.2 Å². The first kappa shape index (κ1) is 10.3. The number of hydrazine groups is 1. The highest BCUT2D eigenvalue weighted by Crippen LogP contribution is 2.20. The number of benzene rings is 1. The second-order valence-electron chi connectivity index (χ2n) is 2.34. The fourth-order valence-electron chi connectivity index (χ4n) is 0.942. The van der Waals surface area contributed by atoms with Crippen molar-refractivity contribution in [1.82, 2.24) is 5.43 Å². The van der Waals surface area contributed by atoms with Gasteiger partial charge in [0, 0.05) is 17.6 Å². The molecule has 0 saturated carbocycles. The maximum Gasteiger partial charge on any atom is 0.143 e. The Morgan fingerprint density at radius 2 is 2.15 bits per heavy atom. The lowest BCUT2D eigenvalue weighted by atomic mass is 10.2. The van der Waals surface area contributed by atoms with E-state index in [1.165, 1.54) is 0 Å².